The lowest BCUT2D eigenvalue weighted by atomic mass is 9.79. The van der Waals surface area contributed by atoms with Gasteiger partial charge in [0.25, 0.3) is 5.91 Å². The molecule has 1 aromatic rings. The second-order valence-electron chi connectivity index (χ2n) is 5.96. The highest BCUT2D eigenvalue weighted by atomic mass is 16.3. The smallest absolute Gasteiger partial charge is 0.253 e. The van der Waals surface area contributed by atoms with E-state index in [1.165, 1.54) is 0 Å². The van der Waals surface area contributed by atoms with E-state index in [1.807, 2.05) is 0 Å². The zero-order chi connectivity index (χ0) is 14.8. The molecule has 0 spiro atoms. The summed E-state index contributed by atoms with van der Waals surface area (Å²) in [5.74, 6) is 0.224. The number of nitrogen functional groups attached to an aromatic ring is 2. The van der Waals surface area contributed by atoms with E-state index >= 15 is 0 Å². The van der Waals surface area contributed by atoms with Crippen molar-refractivity contribution in [3.8, 4) is 0 Å². The van der Waals surface area contributed by atoms with Crippen LogP contribution in [0.15, 0.2) is 18.2 Å². The number of hydrogen-bond donors (Lipinski definition) is 4. The number of amides is 1. The van der Waals surface area contributed by atoms with Gasteiger partial charge in [-0.2, -0.15) is 0 Å². The van der Waals surface area contributed by atoms with Crippen molar-refractivity contribution in [3.05, 3.63) is 23.8 Å². The van der Waals surface area contributed by atoms with E-state index in [2.05, 4.69) is 12.2 Å². The minimum absolute atomic E-state index is 0.264. The molecule has 0 heterocycles. The molecule has 1 aromatic carbocycles. The molecule has 2 atom stereocenters. The van der Waals surface area contributed by atoms with Crippen LogP contribution < -0.4 is 16.8 Å². The van der Waals surface area contributed by atoms with E-state index in [0.717, 1.165) is 25.7 Å². The largest absolute Gasteiger partial charge is 0.399 e. The Morgan fingerprint density at radius 2 is 2.25 bits per heavy atom. The van der Waals surface area contributed by atoms with Gasteiger partial charge in [0.15, 0.2) is 0 Å². The Balaban J connectivity index is 1.98. The van der Waals surface area contributed by atoms with Gasteiger partial charge in [-0.3, -0.25) is 4.79 Å². The lowest BCUT2D eigenvalue weighted by Crippen LogP contribution is -2.45. The van der Waals surface area contributed by atoms with Crippen LogP contribution in [0.4, 0.5) is 11.4 Å². The molecule has 5 heteroatoms. The molecule has 2 rings (SSSR count). The minimum Gasteiger partial charge on any atom is -0.399 e. The van der Waals surface area contributed by atoms with Crippen LogP contribution in [0.25, 0.3) is 0 Å². The summed E-state index contributed by atoms with van der Waals surface area (Å²) in [7, 11) is 0. The topological polar surface area (TPSA) is 101 Å². The first-order valence-corrected chi connectivity index (χ1v) is 7.05. The summed E-state index contributed by atoms with van der Waals surface area (Å²) in [5, 5.41) is 13.3. The lowest BCUT2D eigenvalue weighted by Gasteiger charge is -2.35. The van der Waals surface area contributed by atoms with Gasteiger partial charge in [-0.25, -0.2) is 0 Å². The van der Waals surface area contributed by atoms with Crippen molar-refractivity contribution in [2.45, 2.75) is 38.2 Å². The van der Waals surface area contributed by atoms with Crippen LogP contribution in [0, 0.1) is 5.92 Å². The predicted molar refractivity (Wildman–Crippen MR) is 80.2 cm³/mol. The molecule has 6 N–H and O–H groups in total. The quantitative estimate of drug-likeness (QED) is 0.629. The maximum atomic E-state index is 12.1. The lowest BCUT2D eigenvalue weighted by molar-refractivity contribution is -0.0109. The second kappa shape index (κ2) is 5.71. The predicted octanol–water partition coefficient (Wildman–Crippen LogP) is 1.52. The molecule has 0 radical (unpaired) electrons. The van der Waals surface area contributed by atoms with Crippen molar-refractivity contribution in [2.24, 2.45) is 5.92 Å². The molecule has 20 heavy (non-hydrogen) atoms. The molecule has 0 bridgehead atoms. The van der Waals surface area contributed by atoms with Gasteiger partial charge in [-0.15, -0.1) is 0 Å². The molecule has 5 nitrogen and oxygen atoms in total. The van der Waals surface area contributed by atoms with Crippen molar-refractivity contribution >= 4 is 17.3 Å². The fraction of sp³-hybridized carbons (Fsp3) is 0.533. The molecule has 110 valence electrons. The number of anilines is 2. The molecule has 2 unspecified atom stereocenters. The molecule has 1 amide bonds. The number of nitrogens with one attached hydrogen (secondary N) is 1. The number of aliphatic hydroxyl groups is 1. The normalized spacial score (nSPS) is 26.2. The Bertz CT molecular complexity index is 504. The molecular formula is C15H23N3O2. The van der Waals surface area contributed by atoms with Gasteiger partial charge >= 0.3 is 0 Å². The summed E-state index contributed by atoms with van der Waals surface area (Å²) in [6.45, 7) is 2.39. The fourth-order valence-electron chi connectivity index (χ4n) is 2.92. The molecule has 1 aliphatic carbocycles. The van der Waals surface area contributed by atoms with Crippen molar-refractivity contribution in [2.75, 3.05) is 18.0 Å². The SMILES string of the molecule is CC1CCCC(O)(CNC(=O)c2ccc(N)cc2N)C1. The van der Waals surface area contributed by atoms with E-state index in [-0.39, 0.29) is 12.5 Å². The van der Waals surface area contributed by atoms with Crippen molar-refractivity contribution in [1.29, 1.82) is 0 Å². The van der Waals surface area contributed by atoms with E-state index in [9.17, 15) is 9.90 Å². The molecule has 0 saturated heterocycles. The standard InChI is InChI=1S/C15H23N3O2/c1-10-3-2-6-15(20,8-10)9-18-14(19)12-5-4-11(16)7-13(12)17/h4-5,7,10,20H,2-3,6,8-9,16-17H2,1H3,(H,18,19). The summed E-state index contributed by atoms with van der Waals surface area (Å²) >= 11 is 0. The first-order valence-electron chi connectivity index (χ1n) is 7.05. The number of carbonyl (C=O) groups is 1. The number of rotatable bonds is 3. The first kappa shape index (κ1) is 14.7. The van der Waals surface area contributed by atoms with Crippen LogP contribution in [0.3, 0.4) is 0 Å². The highest BCUT2D eigenvalue weighted by Gasteiger charge is 2.33. The summed E-state index contributed by atoms with van der Waals surface area (Å²) < 4.78 is 0. The Morgan fingerprint density at radius 3 is 2.90 bits per heavy atom. The molecule has 1 fully saturated rings. The average molecular weight is 277 g/mol. The highest BCUT2D eigenvalue weighted by molar-refractivity contribution is 5.99. The Labute approximate surface area is 119 Å². The Hall–Kier alpha value is -1.75. The van der Waals surface area contributed by atoms with Gasteiger partial charge in [-0.1, -0.05) is 19.8 Å². The van der Waals surface area contributed by atoms with Crippen molar-refractivity contribution < 1.29 is 9.90 Å². The first-order chi connectivity index (χ1) is 9.39. The van der Waals surface area contributed by atoms with Crippen molar-refractivity contribution in [3.63, 3.8) is 0 Å². The number of hydrogen-bond acceptors (Lipinski definition) is 4. The number of benzene rings is 1. The van der Waals surface area contributed by atoms with Gasteiger partial charge < -0.3 is 21.9 Å². The van der Waals surface area contributed by atoms with Crippen molar-refractivity contribution in [1.82, 2.24) is 5.32 Å². The van der Waals surface area contributed by atoms with Crippen LogP contribution in [0.5, 0.6) is 0 Å². The summed E-state index contributed by atoms with van der Waals surface area (Å²) in [5.41, 5.74) is 11.9. The average Bonchev–Trinajstić information content (AvgIpc) is 2.36. The third kappa shape index (κ3) is 3.42. The zero-order valence-corrected chi connectivity index (χ0v) is 11.9. The van der Waals surface area contributed by atoms with Crippen LogP contribution in [-0.4, -0.2) is 23.2 Å². The monoisotopic (exact) mass is 277 g/mol. The molecular weight excluding hydrogens is 254 g/mol. The van der Waals surface area contributed by atoms with Crippen LogP contribution in [-0.2, 0) is 0 Å². The van der Waals surface area contributed by atoms with Crippen LogP contribution in [0.1, 0.15) is 43.0 Å². The molecule has 0 aliphatic heterocycles. The fourth-order valence-corrected chi connectivity index (χ4v) is 2.92. The van der Waals surface area contributed by atoms with Gasteiger partial charge in [-0.05, 0) is 37.0 Å². The molecule has 0 aromatic heterocycles. The highest BCUT2D eigenvalue weighted by Crippen LogP contribution is 2.31. The number of carbonyl (C=O) groups excluding carboxylic acids is 1. The van der Waals surface area contributed by atoms with Gasteiger partial charge in [0.1, 0.15) is 0 Å². The van der Waals surface area contributed by atoms with Gasteiger partial charge in [0.2, 0.25) is 0 Å². The third-order valence-electron chi connectivity index (χ3n) is 3.97. The minimum atomic E-state index is -0.796. The number of nitrogens with two attached hydrogens (primary N) is 2. The molecule has 1 aliphatic rings. The van der Waals surface area contributed by atoms with E-state index in [0.29, 0.717) is 22.9 Å². The maximum absolute atomic E-state index is 12.1. The zero-order valence-electron chi connectivity index (χ0n) is 11.9. The third-order valence-corrected chi connectivity index (χ3v) is 3.97. The maximum Gasteiger partial charge on any atom is 0.253 e. The Kier molecular flexibility index (Phi) is 4.18. The van der Waals surface area contributed by atoms with Gasteiger partial charge in [0.05, 0.1) is 11.2 Å². The van der Waals surface area contributed by atoms with Crippen LogP contribution in [0.2, 0.25) is 0 Å². The molecule has 1 saturated carbocycles. The summed E-state index contributed by atoms with van der Waals surface area (Å²) in [6, 6.07) is 4.81. The van der Waals surface area contributed by atoms with Gasteiger partial charge in [0, 0.05) is 17.9 Å². The summed E-state index contributed by atoms with van der Waals surface area (Å²) in [6.07, 6.45) is 3.60. The van der Waals surface area contributed by atoms with E-state index < -0.39 is 5.60 Å². The summed E-state index contributed by atoms with van der Waals surface area (Å²) in [4.78, 5) is 12.1. The van der Waals surface area contributed by atoms with Crippen LogP contribution >= 0.6 is 0 Å². The van der Waals surface area contributed by atoms with E-state index in [1.54, 1.807) is 18.2 Å². The Morgan fingerprint density at radius 1 is 1.50 bits per heavy atom. The second-order valence-corrected chi connectivity index (χ2v) is 5.96. The van der Waals surface area contributed by atoms with E-state index in [4.69, 9.17) is 11.5 Å².